The van der Waals surface area contributed by atoms with E-state index in [0.717, 1.165) is 0 Å². The molecule has 130 valence electrons. The molecular formula is C22H14N2O3. The van der Waals surface area contributed by atoms with Crippen LogP contribution in [0.4, 0.5) is 5.69 Å². The number of hydrogen-bond donors (Lipinski definition) is 2. The van der Waals surface area contributed by atoms with Gasteiger partial charge in [-0.1, -0.05) is 36.4 Å². The molecule has 1 aliphatic rings. The van der Waals surface area contributed by atoms with E-state index in [1.165, 1.54) is 0 Å². The smallest absolute Gasteiger partial charge is 0.197 e. The summed E-state index contributed by atoms with van der Waals surface area (Å²) in [5.41, 5.74) is 2.65. The fourth-order valence-electron chi connectivity index (χ4n) is 3.87. The van der Waals surface area contributed by atoms with Gasteiger partial charge in [0.15, 0.2) is 17.0 Å². The summed E-state index contributed by atoms with van der Waals surface area (Å²) in [5, 5.41) is 3.91. The summed E-state index contributed by atoms with van der Waals surface area (Å²) in [6.07, 6.45) is 0. The summed E-state index contributed by atoms with van der Waals surface area (Å²) >= 11 is 0. The summed E-state index contributed by atoms with van der Waals surface area (Å²) in [7, 11) is 1.68. The van der Waals surface area contributed by atoms with Gasteiger partial charge in [0.05, 0.1) is 16.6 Å². The average Bonchev–Trinajstić information content (AvgIpc) is 2.71. The maximum Gasteiger partial charge on any atom is 0.197 e. The first-order valence-electron chi connectivity index (χ1n) is 8.59. The molecule has 0 saturated carbocycles. The van der Waals surface area contributed by atoms with Gasteiger partial charge in [-0.3, -0.25) is 14.4 Å². The van der Waals surface area contributed by atoms with Crippen molar-refractivity contribution < 1.29 is 9.59 Å². The number of carbonyl (C=O) groups is 2. The zero-order valence-corrected chi connectivity index (χ0v) is 14.4. The van der Waals surface area contributed by atoms with E-state index in [-0.39, 0.29) is 22.6 Å². The lowest BCUT2D eigenvalue weighted by atomic mass is 9.81. The van der Waals surface area contributed by atoms with Crippen molar-refractivity contribution in [1.29, 1.82) is 0 Å². The molecule has 27 heavy (non-hydrogen) atoms. The van der Waals surface area contributed by atoms with E-state index in [4.69, 9.17) is 0 Å². The Balaban J connectivity index is 2.01. The molecule has 0 fully saturated rings. The van der Waals surface area contributed by atoms with E-state index in [9.17, 15) is 14.4 Å². The summed E-state index contributed by atoms with van der Waals surface area (Å²) in [6.45, 7) is 0. The van der Waals surface area contributed by atoms with Gasteiger partial charge in [-0.05, 0) is 18.2 Å². The van der Waals surface area contributed by atoms with Crippen molar-refractivity contribution in [2.24, 2.45) is 0 Å². The zero-order chi connectivity index (χ0) is 18.7. The van der Waals surface area contributed by atoms with Crippen LogP contribution in [-0.2, 0) is 0 Å². The molecule has 0 radical (unpaired) electrons. The summed E-state index contributed by atoms with van der Waals surface area (Å²) < 4.78 is 0. The molecule has 3 aromatic carbocycles. The van der Waals surface area contributed by atoms with Crippen LogP contribution >= 0.6 is 0 Å². The Morgan fingerprint density at radius 1 is 0.778 bits per heavy atom. The van der Waals surface area contributed by atoms with Crippen LogP contribution < -0.4 is 10.7 Å². The van der Waals surface area contributed by atoms with Gasteiger partial charge >= 0.3 is 0 Å². The van der Waals surface area contributed by atoms with Crippen molar-refractivity contribution in [2.45, 2.75) is 0 Å². The van der Waals surface area contributed by atoms with Gasteiger partial charge in [0.1, 0.15) is 0 Å². The predicted molar refractivity (Wildman–Crippen MR) is 105 cm³/mol. The topological polar surface area (TPSA) is 79.0 Å². The van der Waals surface area contributed by atoms with Crippen LogP contribution in [0.2, 0.25) is 0 Å². The van der Waals surface area contributed by atoms with Gasteiger partial charge in [-0.2, -0.15) is 0 Å². The van der Waals surface area contributed by atoms with Gasteiger partial charge in [0, 0.05) is 40.2 Å². The lowest BCUT2D eigenvalue weighted by Gasteiger charge is -2.22. The molecule has 0 saturated heterocycles. The first kappa shape index (κ1) is 15.5. The highest BCUT2D eigenvalue weighted by Crippen LogP contribution is 2.36. The summed E-state index contributed by atoms with van der Waals surface area (Å²) in [6, 6.07) is 15.6. The summed E-state index contributed by atoms with van der Waals surface area (Å²) in [4.78, 5) is 42.7. The van der Waals surface area contributed by atoms with Crippen LogP contribution in [0.1, 0.15) is 31.8 Å². The highest BCUT2D eigenvalue weighted by molar-refractivity contribution is 6.33. The highest BCUT2D eigenvalue weighted by Gasteiger charge is 2.34. The number of carbonyl (C=O) groups excluding carboxylic acids is 2. The van der Waals surface area contributed by atoms with Gasteiger partial charge in [-0.25, -0.2) is 0 Å². The second-order valence-electron chi connectivity index (χ2n) is 6.55. The molecule has 0 spiro atoms. The van der Waals surface area contributed by atoms with E-state index in [1.54, 1.807) is 55.6 Å². The summed E-state index contributed by atoms with van der Waals surface area (Å²) in [5.74, 6) is -0.478. The molecule has 1 aromatic heterocycles. The van der Waals surface area contributed by atoms with Crippen molar-refractivity contribution in [3.05, 3.63) is 87.1 Å². The molecular weight excluding hydrogens is 340 g/mol. The van der Waals surface area contributed by atoms with Crippen molar-refractivity contribution >= 4 is 39.1 Å². The molecule has 2 N–H and O–H groups in total. The molecule has 0 aliphatic heterocycles. The number of H-pyrrole nitrogens is 1. The number of rotatable bonds is 1. The Kier molecular flexibility index (Phi) is 3.09. The molecule has 5 heteroatoms. The first-order chi connectivity index (χ1) is 13.1. The number of anilines is 1. The molecule has 0 amide bonds. The van der Waals surface area contributed by atoms with Crippen LogP contribution in [0.15, 0.2) is 59.4 Å². The van der Waals surface area contributed by atoms with Crippen molar-refractivity contribution in [1.82, 2.24) is 4.98 Å². The highest BCUT2D eigenvalue weighted by atomic mass is 16.1. The third kappa shape index (κ3) is 1.96. The number of ketones is 2. The second kappa shape index (κ2) is 5.38. The zero-order valence-electron chi connectivity index (χ0n) is 14.4. The molecule has 0 atom stereocenters. The third-order valence-electron chi connectivity index (χ3n) is 5.14. The van der Waals surface area contributed by atoms with E-state index in [0.29, 0.717) is 44.2 Å². The number of fused-ring (bicyclic) bond motifs is 5. The fraction of sp³-hybridized carbons (Fsp3) is 0.0455. The number of para-hydroxylation sites is 1. The van der Waals surface area contributed by atoms with E-state index in [1.807, 2.05) is 6.07 Å². The Morgan fingerprint density at radius 3 is 2.11 bits per heavy atom. The van der Waals surface area contributed by atoms with Crippen LogP contribution in [0, 0.1) is 0 Å². The SMILES string of the molecule is CNc1cc2c(=O)c3ccccc3[nH]c2c2c1C(=O)c1ccccc1C2=O. The van der Waals surface area contributed by atoms with Crippen molar-refractivity contribution in [3.8, 4) is 0 Å². The largest absolute Gasteiger partial charge is 0.387 e. The number of aromatic amines is 1. The number of aromatic nitrogens is 1. The Hall–Kier alpha value is -3.73. The van der Waals surface area contributed by atoms with E-state index >= 15 is 0 Å². The lowest BCUT2D eigenvalue weighted by Crippen LogP contribution is -2.24. The van der Waals surface area contributed by atoms with Crippen molar-refractivity contribution in [3.63, 3.8) is 0 Å². The molecule has 1 aliphatic carbocycles. The Morgan fingerprint density at radius 2 is 1.41 bits per heavy atom. The maximum atomic E-state index is 13.3. The van der Waals surface area contributed by atoms with Gasteiger partial charge in [0.25, 0.3) is 0 Å². The monoisotopic (exact) mass is 354 g/mol. The Labute approximate surface area is 153 Å². The quantitative estimate of drug-likeness (QED) is 0.452. The molecule has 5 nitrogen and oxygen atoms in total. The second-order valence-corrected chi connectivity index (χ2v) is 6.55. The van der Waals surface area contributed by atoms with Crippen LogP contribution in [-0.4, -0.2) is 23.6 Å². The van der Waals surface area contributed by atoms with Crippen LogP contribution in [0.5, 0.6) is 0 Å². The Bertz CT molecular complexity index is 1370. The van der Waals surface area contributed by atoms with Gasteiger partial charge in [-0.15, -0.1) is 0 Å². The van der Waals surface area contributed by atoms with E-state index < -0.39 is 0 Å². The fourth-order valence-corrected chi connectivity index (χ4v) is 3.87. The maximum absolute atomic E-state index is 13.3. The average molecular weight is 354 g/mol. The van der Waals surface area contributed by atoms with Crippen LogP contribution in [0.25, 0.3) is 21.8 Å². The van der Waals surface area contributed by atoms with Crippen LogP contribution in [0.3, 0.4) is 0 Å². The van der Waals surface area contributed by atoms with Gasteiger partial charge < -0.3 is 10.3 Å². The van der Waals surface area contributed by atoms with E-state index in [2.05, 4.69) is 10.3 Å². The number of hydrogen-bond acceptors (Lipinski definition) is 4. The lowest BCUT2D eigenvalue weighted by molar-refractivity contribution is 0.0981. The first-order valence-corrected chi connectivity index (χ1v) is 8.59. The number of pyridine rings is 1. The molecule has 4 aromatic rings. The minimum absolute atomic E-state index is 0.169. The standard InChI is InChI=1S/C22H14N2O3/c1-23-16-10-14-19(24-15-9-5-4-8-13(15)20(14)25)18-17(16)21(26)11-6-2-3-7-12(11)22(18)27/h2-10,23H,1H3,(H,24,25). The molecule has 0 bridgehead atoms. The van der Waals surface area contributed by atoms with Gasteiger partial charge in [0.2, 0.25) is 0 Å². The van der Waals surface area contributed by atoms with Crippen molar-refractivity contribution in [2.75, 3.05) is 12.4 Å². The molecule has 1 heterocycles. The minimum Gasteiger partial charge on any atom is -0.387 e. The third-order valence-corrected chi connectivity index (χ3v) is 5.14. The molecule has 0 unspecified atom stereocenters. The molecule has 5 rings (SSSR count). The predicted octanol–water partition coefficient (Wildman–Crippen LogP) is 3.50. The normalized spacial score (nSPS) is 12.9. The number of nitrogens with one attached hydrogen (secondary N) is 2. The minimum atomic E-state index is -0.256. The number of benzene rings is 3.